The second-order valence-electron chi connectivity index (χ2n) is 5.49. The molecular weight excluding hydrogens is 246 g/mol. The molecule has 0 aliphatic heterocycles. The van der Waals surface area contributed by atoms with Gasteiger partial charge in [-0.15, -0.1) is 0 Å². The monoisotopic (exact) mass is 271 g/mol. The number of para-hydroxylation sites is 1. The van der Waals surface area contributed by atoms with E-state index in [4.69, 9.17) is 0 Å². The molecule has 0 amide bonds. The molecule has 1 N–H and O–H groups in total. The first kappa shape index (κ1) is 14.6. The van der Waals surface area contributed by atoms with Crippen LogP contribution in [0.4, 0.5) is 11.6 Å². The summed E-state index contributed by atoms with van der Waals surface area (Å²) in [6.07, 6.45) is 4.16. The number of hydrogen-bond donors (Lipinski definition) is 1. The van der Waals surface area contributed by atoms with Gasteiger partial charge in [-0.25, -0.2) is 4.98 Å². The quantitative estimate of drug-likeness (QED) is 0.858. The fourth-order valence-electron chi connectivity index (χ4n) is 2.52. The highest BCUT2D eigenvalue weighted by Gasteiger charge is 2.12. The summed E-state index contributed by atoms with van der Waals surface area (Å²) in [6, 6.07) is 6.93. The number of imidazole rings is 1. The fourth-order valence-corrected chi connectivity index (χ4v) is 2.52. The molecule has 1 heterocycles. The normalized spacial score (nSPS) is 11.1. The van der Waals surface area contributed by atoms with Crippen LogP contribution in [0.2, 0.25) is 0 Å². The van der Waals surface area contributed by atoms with E-state index in [9.17, 15) is 0 Å². The number of hydrogen-bond acceptors (Lipinski definition) is 2. The first-order chi connectivity index (χ1) is 9.56. The lowest BCUT2D eigenvalue weighted by Crippen LogP contribution is -2.08. The summed E-state index contributed by atoms with van der Waals surface area (Å²) in [4.78, 5) is 4.63. The average molecular weight is 271 g/mol. The Kier molecular flexibility index (Phi) is 4.48. The highest BCUT2D eigenvalue weighted by molar-refractivity contribution is 5.64. The largest absolute Gasteiger partial charge is 0.325 e. The van der Waals surface area contributed by atoms with E-state index < -0.39 is 0 Å². The summed E-state index contributed by atoms with van der Waals surface area (Å²) < 4.78 is 2.20. The van der Waals surface area contributed by atoms with E-state index >= 15 is 0 Å². The van der Waals surface area contributed by atoms with Crippen LogP contribution in [0, 0.1) is 6.92 Å². The van der Waals surface area contributed by atoms with Crippen LogP contribution in [0.25, 0.3) is 0 Å². The highest BCUT2D eigenvalue weighted by Crippen LogP contribution is 2.27. The Bertz CT molecular complexity index is 560. The zero-order valence-electron chi connectivity index (χ0n) is 13.2. The summed E-state index contributed by atoms with van der Waals surface area (Å²) >= 11 is 0. The van der Waals surface area contributed by atoms with E-state index in [0.717, 1.165) is 24.5 Å². The molecular formula is C17H25N3. The van der Waals surface area contributed by atoms with Gasteiger partial charge in [-0.3, -0.25) is 0 Å². The summed E-state index contributed by atoms with van der Waals surface area (Å²) in [5, 5.41) is 3.57. The van der Waals surface area contributed by atoms with Gasteiger partial charge in [0.2, 0.25) is 5.95 Å². The van der Waals surface area contributed by atoms with Crippen LogP contribution < -0.4 is 5.32 Å². The molecule has 3 nitrogen and oxygen atoms in total. The van der Waals surface area contributed by atoms with Gasteiger partial charge in [-0.05, 0) is 44.7 Å². The summed E-state index contributed by atoms with van der Waals surface area (Å²) in [7, 11) is 0. The Morgan fingerprint density at radius 3 is 2.25 bits per heavy atom. The molecule has 20 heavy (non-hydrogen) atoms. The molecule has 3 heteroatoms. The lowest BCUT2D eigenvalue weighted by Gasteiger charge is -2.17. The Balaban J connectivity index is 2.44. The van der Waals surface area contributed by atoms with Crippen LogP contribution >= 0.6 is 0 Å². The molecule has 0 aliphatic carbocycles. The minimum absolute atomic E-state index is 0.401. The van der Waals surface area contributed by atoms with Gasteiger partial charge in [0.1, 0.15) is 0 Å². The molecule has 108 valence electrons. The van der Waals surface area contributed by atoms with Crippen molar-refractivity contribution in [1.82, 2.24) is 9.55 Å². The standard InChI is InChI=1S/C17H25N3/c1-6-14-9-8-10-15(7-2)16(14)19-17-18-13(5)11-20(17)12(3)4/h8-12H,6-7H2,1-5H3,(H,18,19). The van der Waals surface area contributed by atoms with Gasteiger partial charge in [-0.2, -0.15) is 0 Å². The van der Waals surface area contributed by atoms with Crippen molar-refractivity contribution in [3.05, 3.63) is 41.2 Å². The van der Waals surface area contributed by atoms with E-state index in [1.54, 1.807) is 0 Å². The molecule has 0 aliphatic rings. The van der Waals surface area contributed by atoms with Crippen molar-refractivity contribution in [3.63, 3.8) is 0 Å². The lowest BCUT2D eigenvalue weighted by molar-refractivity contribution is 0.607. The molecule has 1 aromatic heterocycles. The molecule has 0 bridgehead atoms. The Morgan fingerprint density at radius 2 is 1.75 bits per heavy atom. The molecule has 0 spiro atoms. The fraction of sp³-hybridized carbons (Fsp3) is 0.471. The smallest absolute Gasteiger partial charge is 0.207 e. The third-order valence-electron chi connectivity index (χ3n) is 3.64. The molecule has 0 saturated carbocycles. The van der Waals surface area contributed by atoms with Gasteiger partial charge in [0.05, 0.1) is 5.69 Å². The SMILES string of the molecule is CCc1cccc(CC)c1Nc1nc(C)cn1C(C)C. The topological polar surface area (TPSA) is 29.9 Å². The molecule has 1 aromatic carbocycles. The van der Waals surface area contributed by atoms with Crippen LogP contribution in [0.1, 0.15) is 50.6 Å². The minimum Gasteiger partial charge on any atom is -0.325 e. The maximum absolute atomic E-state index is 4.63. The lowest BCUT2D eigenvalue weighted by atomic mass is 10.0. The van der Waals surface area contributed by atoms with Crippen LogP contribution in [-0.2, 0) is 12.8 Å². The first-order valence-electron chi connectivity index (χ1n) is 7.50. The van der Waals surface area contributed by atoms with Crippen molar-refractivity contribution in [2.24, 2.45) is 0 Å². The van der Waals surface area contributed by atoms with Gasteiger partial charge in [0.15, 0.2) is 0 Å². The van der Waals surface area contributed by atoms with E-state index in [0.29, 0.717) is 6.04 Å². The van der Waals surface area contributed by atoms with Crippen LogP contribution in [0.5, 0.6) is 0 Å². The molecule has 0 unspecified atom stereocenters. The van der Waals surface area contributed by atoms with E-state index in [2.05, 4.69) is 67.0 Å². The predicted molar refractivity (Wildman–Crippen MR) is 85.8 cm³/mol. The van der Waals surface area contributed by atoms with E-state index in [1.165, 1.54) is 16.8 Å². The maximum Gasteiger partial charge on any atom is 0.207 e. The third-order valence-corrected chi connectivity index (χ3v) is 3.64. The van der Waals surface area contributed by atoms with Crippen LogP contribution in [0.15, 0.2) is 24.4 Å². The number of nitrogens with one attached hydrogen (secondary N) is 1. The number of rotatable bonds is 5. The number of nitrogens with zero attached hydrogens (tertiary/aromatic N) is 2. The van der Waals surface area contributed by atoms with Crippen molar-refractivity contribution >= 4 is 11.6 Å². The molecule has 0 fully saturated rings. The predicted octanol–water partition coefficient (Wildman–Crippen LogP) is 4.64. The summed E-state index contributed by atoms with van der Waals surface area (Å²) in [6.45, 7) is 10.8. The van der Waals surface area contributed by atoms with Crippen molar-refractivity contribution < 1.29 is 0 Å². The minimum atomic E-state index is 0.401. The maximum atomic E-state index is 4.63. The van der Waals surface area contributed by atoms with Crippen molar-refractivity contribution in [2.45, 2.75) is 53.5 Å². The van der Waals surface area contributed by atoms with E-state index in [-0.39, 0.29) is 0 Å². The number of aryl methyl sites for hydroxylation is 3. The van der Waals surface area contributed by atoms with Crippen LogP contribution in [0.3, 0.4) is 0 Å². The van der Waals surface area contributed by atoms with Crippen molar-refractivity contribution in [2.75, 3.05) is 5.32 Å². The molecule has 0 radical (unpaired) electrons. The van der Waals surface area contributed by atoms with Gasteiger partial charge >= 0.3 is 0 Å². The highest BCUT2D eigenvalue weighted by atomic mass is 15.2. The zero-order valence-corrected chi connectivity index (χ0v) is 13.2. The Morgan fingerprint density at radius 1 is 1.15 bits per heavy atom. The second kappa shape index (κ2) is 6.12. The summed E-state index contributed by atoms with van der Waals surface area (Å²) in [5.74, 6) is 0.938. The second-order valence-corrected chi connectivity index (χ2v) is 5.49. The third kappa shape index (κ3) is 2.87. The molecule has 2 rings (SSSR count). The zero-order chi connectivity index (χ0) is 14.7. The Labute approximate surface area is 122 Å². The van der Waals surface area contributed by atoms with Crippen LogP contribution in [-0.4, -0.2) is 9.55 Å². The van der Waals surface area contributed by atoms with E-state index in [1.807, 2.05) is 6.92 Å². The number of benzene rings is 1. The first-order valence-corrected chi connectivity index (χ1v) is 7.50. The van der Waals surface area contributed by atoms with Crippen molar-refractivity contribution in [3.8, 4) is 0 Å². The average Bonchev–Trinajstić information content (AvgIpc) is 2.80. The number of aromatic nitrogens is 2. The summed E-state index contributed by atoms with van der Waals surface area (Å²) in [5.41, 5.74) is 4.97. The van der Waals surface area contributed by atoms with Gasteiger partial charge < -0.3 is 9.88 Å². The number of anilines is 2. The van der Waals surface area contributed by atoms with Crippen molar-refractivity contribution in [1.29, 1.82) is 0 Å². The Hall–Kier alpha value is -1.77. The van der Waals surface area contributed by atoms with Gasteiger partial charge in [0.25, 0.3) is 0 Å². The molecule has 0 atom stereocenters. The van der Waals surface area contributed by atoms with Gasteiger partial charge in [-0.1, -0.05) is 32.0 Å². The van der Waals surface area contributed by atoms with Gasteiger partial charge in [0, 0.05) is 17.9 Å². The molecule has 2 aromatic rings. The molecule has 0 saturated heterocycles.